The normalized spacial score (nSPS) is 19.5. The summed E-state index contributed by atoms with van der Waals surface area (Å²) < 4.78 is 5.29. The fourth-order valence-electron chi connectivity index (χ4n) is 2.98. The number of rotatable bonds is 4. The molecule has 4 nitrogen and oxygen atoms in total. The van der Waals surface area contributed by atoms with Crippen molar-refractivity contribution >= 4 is 16.6 Å². The van der Waals surface area contributed by atoms with E-state index in [1.165, 1.54) is 0 Å². The maximum atomic E-state index is 10.9. The Morgan fingerprint density at radius 1 is 1.41 bits per heavy atom. The summed E-state index contributed by atoms with van der Waals surface area (Å²) in [6.45, 7) is 4.64. The highest BCUT2D eigenvalue weighted by Crippen LogP contribution is 2.31. The summed E-state index contributed by atoms with van der Waals surface area (Å²) in [6.07, 6.45) is 4.90. The number of hydrogen-bond donors (Lipinski definition) is 1. The molecule has 0 bridgehead atoms. The number of ether oxygens (including phenoxy) is 1. The van der Waals surface area contributed by atoms with Crippen LogP contribution in [0.1, 0.15) is 24.5 Å². The zero-order valence-electron chi connectivity index (χ0n) is 12.7. The van der Waals surface area contributed by atoms with Crippen molar-refractivity contribution < 1.29 is 9.84 Å². The standard InChI is InChI=1S/C18H20N2O2/c1-3-12-5-4-9-20-17(12)18(21)14-8-10-19-16-7-6-13(22-2)11-15(14)16/h3,6-8,10-12,18,21H,1,4-5,9H2,2H3/t12?,18-/m0/s1. The highest BCUT2D eigenvalue weighted by molar-refractivity contribution is 5.97. The topological polar surface area (TPSA) is 54.7 Å². The summed E-state index contributed by atoms with van der Waals surface area (Å²) in [7, 11) is 1.63. The number of benzene rings is 1. The van der Waals surface area contributed by atoms with Gasteiger partial charge in [-0.1, -0.05) is 6.08 Å². The molecular formula is C18H20N2O2. The molecule has 1 unspecified atom stereocenters. The molecule has 1 aliphatic heterocycles. The number of aliphatic hydroxyl groups is 1. The molecule has 0 saturated carbocycles. The minimum Gasteiger partial charge on any atom is -0.497 e. The molecular weight excluding hydrogens is 276 g/mol. The molecule has 0 saturated heterocycles. The van der Waals surface area contributed by atoms with Gasteiger partial charge < -0.3 is 9.84 Å². The van der Waals surface area contributed by atoms with Crippen LogP contribution in [-0.4, -0.2) is 29.5 Å². The molecule has 2 atom stereocenters. The Balaban J connectivity index is 2.08. The molecule has 22 heavy (non-hydrogen) atoms. The monoisotopic (exact) mass is 296 g/mol. The van der Waals surface area contributed by atoms with E-state index in [2.05, 4.69) is 16.6 Å². The molecule has 4 heteroatoms. The van der Waals surface area contributed by atoms with Gasteiger partial charge in [0.2, 0.25) is 0 Å². The number of nitrogens with zero attached hydrogens (tertiary/aromatic N) is 2. The average Bonchev–Trinajstić information content (AvgIpc) is 2.60. The zero-order valence-corrected chi connectivity index (χ0v) is 12.7. The maximum absolute atomic E-state index is 10.9. The lowest BCUT2D eigenvalue weighted by molar-refractivity contribution is 0.241. The maximum Gasteiger partial charge on any atom is 0.119 e. The fourth-order valence-corrected chi connectivity index (χ4v) is 2.98. The molecule has 0 spiro atoms. The van der Waals surface area contributed by atoms with Crippen LogP contribution in [0.25, 0.3) is 10.9 Å². The summed E-state index contributed by atoms with van der Waals surface area (Å²) in [6, 6.07) is 7.53. The molecule has 1 aromatic heterocycles. The molecule has 2 heterocycles. The Morgan fingerprint density at radius 3 is 3.05 bits per heavy atom. The lowest BCUT2D eigenvalue weighted by Gasteiger charge is -2.25. The van der Waals surface area contributed by atoms with Gasteiger partial charge in [-0.3, -0.25) is 9.98 Å². The Kier molecular flexibility index (Phi) is 4.20. The minimum atomic E-state index is -0.735. The van der Waals surface area contributed by atoms with Gasteiger partial charge in [0.25, 0.3) is 0 Å². The predicted octanol–water partition coefficient (Wildman–Crippen LogP) is 3.31. The van der Waals surface area contributed by atoms with Crippen molar-refractivity contribution in [3.63, 3.8) is 0 Å². The first-order valence-electron chi connectivity index (χ1n) is 7.52. The van der Waals surface area contributed by atoms with Crippen molar-refractivity contribution in [3.05, 3.63) is 48.7 Å². The Morgan fingerprint density at radius 2 is 2.27 bits per heavy atom. The number of allylic oxidation sites excluding steroid dienone is 1. The lowest BCUT2D eigenvalue weighted by Crippen LogP contribution is -2.25. The van der Waals surface area contributed by atoms with E-state index < -0.39 is 6.10 Å². The van der Waals surface area contributed by atoms with E-state index in [1.54, 1.807) is 13.3 Å². The van der Waals surface area contributed by atoms with E-state index in [9.17, 15) is 5.11 Å². The first-order chi connectivity index (χ1) is 10.7. The molecule has 0 aliphatic carbocycles. The van der Waals surface area contributed by atoms with E-state index in [0.717, 1.165) is 47.3 Å². The lowest BCUT2D eigenvalue weighted by atomic mass is 9.88. The van der Waals surface area contributed by atoms with Gasteiger partial charge >= 0.3 is 0 Å². The van der Waals surface area contributed by atoms with Crippen LogP contribution in [-0.2, 0) is 0 Å². The number of fused-ring (bicyclic) bond motifs is 1. The van der Waals surface area contributed by atoms with Gasteiger partial charge in [-0.25, -0.2) is 0 Å². The molecule has 2 aromatic rings. The molecule has 0 fully saturated rings. The van der Waals surface area contributed by atoms with Crippen LogP contribution in [0.5, 0.6) is 5.75 Å². The van der Waals surface area contributed by atoms with E-state index >= 15 is 0 Å². The molecule has 1 aromatic carbocycles. The first-order valence-corrected chi connectivity index (χ1v) is 7.52. The third-order valence-corrected chi connectivity index (χ3v) is 4.19. The van der Waals surface area contributed by atoms with Crippen molar-refractivity contribution in [2.24, 2.45) is 10.9 Å². The molecule has 0 radical (unpaired) electrons. The molecule has 3 rings (SSSR count). The summed E-state index contributed by atoms with van der Waals surface area (Å²) in [4.78, 5) is 8.91. The van der Waals surface area contributed by atoms with E-state index in [-0.39, 0.29) is 5.92 Å². The van der Waals surface area contributed by atoms with Gasteiger partial charge in [0.15, 0.2) is 0 Å². The Hall–Kier alpha value is -2.20. The first kappa shape index (κ1) is 14.7. The minimum absolute atomic E-state index is 0.137. The third-order valence-electron chi connectivity index (χ3n) is 4.19. The van der Waals surface area contributed by atoms with E-state index in [0.29, 0.717) is 0 Å². The van der Waals surface area contributed by atoms with Crippen molar-refractivity contribution in [1.29, 1.82) is 0 Å². The number of aromatic nitrogens is 1. The van der Waals surface area contributed by atoms with Gasteiger partial charge in [-0.2, -0.15) is 0 Å². The number of aliphatic hydroxyl groups excluding tert-OH is 1. The van der Waals surface area contributed by atoms with Gasteiger partial charge in [0, 0.05) is 24.0 Å². The second-order valence-electron chi connectivity index (χ2n) is 5.48. The second kappa shape index (κ2) is 6.28. The average molecular weight is 296 g/mol. The predicted molar refractivity (Wildman–Crippen MR) is 88.5 cm³/mol. The van der Waals surface area contributed by atoms with Crippen molar-refractivity contribution in [2.75, 3.05) is 13.7 Å². The molecule has 1 aliphatic rings. The van der Waals surface area contributed by atoms with Crippen molar-refractivity contribution in [3.8, 4) is 5.75 Å². The zero-order chi connectivity index (χ0) is 15.5. The Bertz CT molecular complexity index is 724. The van der Waals surface area contributed by atoms with Crippen LogP contribution in [0.15, 0.2) is 48.1 Å². The van der Waals surface area contributed by atoms with Crippen LogP contribution in [0.2, 0.25) is 0 Å². The molecule has 0 amide bonds. The number of hydrogen-bond acceptors (Lipinski definition) is 4. The Labute approximate surface area is 130 Å². The quantitative estimate of drug-likeness (QED) is 0.881. The van der Waals surface area contributed by atoms with Gasteiger partial charge in [0.1, 0.15) is 11.9 Å². The highest BCUT2D eigenvalue weighted by atomic mass is 16.5. The molecule has 114 valence electrons. The summed E-state index contributed by atoms with van der Waals surface area (Å²) in [5.41, 5.74) is 2.46. The number of aliphatic imine (C=N–C) groups is 1. The summed E-state index contributed by atoms with van der Waals surface area (Å²) in [5.74, 6) is 0.886. The molecule has 1 N–H and O–H groups in total. The van der Waals surface area contributed by atoms with Gasteiger partial charge in [-0.15, -0.1) is 6.58 Å². The van der Waals surface area contributed by atoms with Crippen LogP contribution in [0.4, 0.5) is 0 Å². The summed E-state index contributed by atoms with van der Waals surface area (Å²) in [5, 5.41) is 11.8. The number of pyridine rings is 1. The van der Waals surface area contributed by atoms with Crippen molar-refractivity contribution in [1.82, 2.24) is 4.98 Å². The second-order valence-corrected chi connectivity index (χ2v) is 5.48. The largest absolute Gasteiger partial charge is 0.497 e. The van der Waals surface area contributed by atoms with Gasteiger partial charge in [0.05, 0.1) is 18.3 Å². The number of methoxy groups -OCH3 is 1. The SMILES string of the molecule is C=CC1CCCN=C1[C@@H](O)c1ccnc2ccc(OC)cc12. The van der Waals surface area contributed by atoms with Crippen LogP contribution in [0.3, 0.4) is 0 Å². The van der Waals surface area contributed by atoms with Gasteiger partial charge in [-0.05, 0) is 42.7 Å². The fraction of sp³-hybridized carbons (Fsp3) is 0.333. The van der Waals surface area contributed by atoms with Crippen LogP contribution >= 0.6 is 0 Å². The van der Waals surface area contributed by atoms with E-state index in [4.69, 9.17) is 4.74 Å². The third kappa shape index (κ3) is 2.62. The van der Waals surface area contributed by atoms with E-state index in [1.807, 2.05) is 30.3 Å². The smallest absolute Gasteiger partial charge is 0.119 e. The summed E-state index contributed by atoms with van der Waals surface area (Å²) >= 11 is 0. The highest BCUT2D eigenvalue weighted by Gasteiger charge is 2.25. The van der Waals surface area contributed by atoms with Crippen LogP contribution < -0.4 is 4.74 Å². The van der Waals surface area contributed by atoms with Crippen molar-refractivity contribution in [2.45, 2.75) is 18.9 Å². The van der Waals surface area contributed by atoms with Crippen LogP contribution in [0, 0.1) is 5.92 Å².